The number of hydrogen-bond donors (Lipinski definition) is 1. The molecular formula is C24H37N3O2. The maximum absolute atomic E-state index is 13.1. The Morgan fingerprint density at radius 1 is 1.14 bits per heavy atom. The van der Waals surface area contributed by atoms with E-state index in [2.05, 4.69) is 24.1 Å². The lowest BCUT2D eigenvalue weighted by Crippen LogP contribution is -2.58. The Bertz CT molecular complexity index is 691. The van der Waals surface area contributed by atoms with Crippen molar-refractivity contribution in [2.24, 2.45) is 11.8 Å². The van der Waals surface area contributed by atoms with Crippen LogP contribution in [0.2, 0.25) is 0 Å². The second kappa shape index (κ2) is 10.2. The second-order valence-electron chi connectivity index (χ2n) is 8.95. The average molecular weight is 400 g/mol. The van der Waals surface area contributed by atoms with Crippen molar-refractivity contribution >= 4 is 11.8 Å². The number of hydrogen-bond acceptors (Lipinski definition) is 3. The minimum Gasteiger partial charge on any atom is -0.354 e. The molecule has 0 spiro atoms. The highest BCUT2D eigenvalue weighted by Crippen LogP contribution is 2.31. The molecular weight excluding hydrogens is 362 g/mol. The standard InChI is InChI=1S/C24H37N3O2/c1-4-18(2)17-25-23(28)22(20-9-5-6-10-20)26-12-14-27(15-13-26)24(29)21-11-7-8-19(3)16-21/h7-8,11,16,18,20,22H,4-6,9-10,12-15,17H2,1-3H3,(H,25,28)/t18-,22-/m0/s1. The summed E-state index contributed by atoms with van der Waals surface area (Å²) in [5, 5.41) is 3.21. The zero-order valence-electron chi connectivity index (χ0n) is 18.3. The fourth-order valence-corrected chi connectivity index (χ4v) is 4.64. The smallest absolute Gasteiger partial charge is 0.253 e. The Hall–Kier alpha value is -1.88. The van der Waals surface area contributed by atoms with Crippen molar-refractivity contribution in [2.75, 3.05) is 32.7 Å². The molecule has 1 aliphatic carbocycles. The summed E-state index contributed by atoms with van der Waals surface area (Å²) in [7, 11) is 0. The molecule has 2 aliphatic rings. The summed E-state index contributed by atoms with van der Waals surface area (Å²) in [6.07, 6.45) is 5.82. The molecule has 1 N–H and O–H groups in total. The molecule has 3 rings (SSSR count). The first-order valence-corrected chi connectivity index (χ1v) is 11.4. The Morgan fingerprint density at radius 2 is 1.83 bits per heavy atom. The minimum absolute atomic E-state index is 0.0437. The van der Waals surface area contributed by atoms with Gasteiger partial charge in [0, 0.05) is 38.3 Å². The molecule has 0 unspecified atom stereocenters. The Balaban J connectivity index is 1.61. The van der Waals surface area contributed by atoms with E-state index in [4.69, 9.17) is 0 Å². The van der Waals surface area contributed by atoms with Crippen molar-refractivity contribution in [3.63, 3.8) is 0 Å². The first-order valence-electron chi connectivity index (χ1n) is 11.4. The first-order chi connectivity index (χ1) is 14.0. The molecule has 1 saturated heterocycles. The molecule has 0 aromatic heterocycles. The number of carbonyl (C=O) groups is 2. The zero-order valence-corrected chi connectivity index (χ0v) is 18.3. The van der Waals surface area contributed by atoms with E-state index >= 15 is 0 Å². The van der Waals surface area contributed by atoms with E-state index in [1.807, 2.05) is 36.1 Å². The summed E-state index contributed by atoms with van der Waals surface area (Å²) in [5.41, 5.74) is 1.87. The number of nitrogens with zero attached hydrogens (tertiary/aromatic N) is 2. The van der Waals surface area contributed by atoms with Crippen LogP contribution in [-0.4, -0.2) is 60.4 Å². The number of benzene rings is 1. The maximum Gasteiger partial charge on any atom is 0.253 e. The number of amides is 2. The molecule has 29 heavy (non-hydrogen) atoms. The van der Waals surface area contributed by atoms with E-state index in [1.54, 1.807) is 0 Å². The van der Waals surface area contributed by atoms with Crippen LogP contribution in [0.25, 0.3) is 0 Å². The highest BCUT2D eigenvalue weighted by molar-refractivity contribution is 5.94. The molecule has 1 aromatic rings. The molecule has 1 heterocycles. The largest absolute Gasteiger partial charge is 0.354 e. The molecule has 0 bridgehead atoms. The molecule has 160 valence electrons. The van der Waals surface area contributed by atoms with E-state index in [-0.39, 0.29) is 17.9 Å². The van der Waals surface area contributed by atoms with Crippen molar-refractivity contribution in [3.8, 4) is 0 Å². The molecule has 5 nitrogen and oxygen atoms in total. The van der Waals surface area contributed by atoms with Crippen LogP contribution in [0.3, 0.4) is 0 Å². The summed E-state index contributed by atoms with van der Waals surface area (Å²) in [6.45, 7) is 10.0. The van der Waals surface area contributed by atoms with E-state index in [0.717, 1.165) is 50.0 Å². The maximum atomic E-state index is 13.1. The lowest BCUT2D eigenvalue weighted by molar-refractivity contribution is -0.129. The molecule has 1 aliphatic heterocycles. The summed E-state index contributed by atoms with van der Waals surface area (Å²) >= 11 is 0. The van der Waals surface area contributed by atoms with E-state index in [1.165, 1.54) is 12.8 Å². The van der Waals surface area contributed by atoms with Crippen LogP contribution in [0.4, 0.5) is 0 Å². The fourth-order valence-electron chi connectivity index (χ4n) is 4.64. The fraction of sp³-hybridized carbons (Fsp3) is 0.667. The van der Waals surface area contributed by atoms with Crippen LogP contribution in [0.15, 0.2) is 24.3 Å². The van der Waals surface area contributed by atoms with Gasteiger partial charge in [-0.15, -0.1) is 0 Å². The van der Waals surface area contributed by atoms with Gasteiger partial charge in [-0.2, -0.15) is 0 Å². The van der Waals surface area contributed by atoms with Crippen molar-refractivity contribution in [1.29, 1.82) is 0 Å². The van der Waals surface area contributed by atoms with Gasteiger partial charge in [0.2, 0.25) is 5.91 Å². The van der Waals surface area contributed by atoms with Gasteiger partial charge in [0.1, 0.15) is 0 Å². The van der Waals surface area contributed by atoms with Crippen LogP contribution in [0.1, 0.15) is 61.9 Å². The third-order valence-electron chi connectivity index (χ3n) is 6.70. The third-order valence-corrected chi connectivity index (χ3v) is 6.70. The van der Waals surface area contributed by atoms with Gasteiger partial charge in [0.25, 0.3) is 5.91 Å². The quantitative estimate of drug-likeness (QED) is 0.764. The van der Waals surface area contributed by atoms with Gasteiger partial charge in [-0.1, -0.05) is 50.8 Å². The lowest BCUT2D eigenvalue weighted by Gasteiger charge is -2.41. The molecule has 2 amide bonds. The molecule has 1 aromatic carbocycles. The topological polar surface area (TPSA) is 52.7 Å². The van der Waals surface area contributed by atoms with Crippen molar-refractivity contribution in [2.45, 2.75) is 58.9 Å². The van der Waals surface area contributed by atoms with Crippen LogP contribution < -0.4 is 5.32 Å². The summed E-state index contributed by atoms with van der Waals surface area (Å²) in [5.74, 6) is 1.25. The van der Waals surface area contributed by atoms with Crippen molar-refractivity contribution < 1.29 is 9.59 Å². The minimum atomic E-state index is -0.0437. The summed E-state index contributed by atoms with van der Waals surface area (Å²) < 4.78 is 0. The van der Waals surface area contributed by atoms with Gasteiger partial charge >= 0.3 is 0 Å². The zero-order chi connectivity index (χ0) is 20.8. The predicted molar refractivity (Wildman–Crippen MR) is 117 cm³/mol. The van der Waals surface area contributed by atoms with E-state index in [0.29, 0.717) is 24.9 Å². The number of rotatable bonds is 7. The van der Waals surface area contributed by atoms with Gasteiger partial charge in [-0.05, 0) is 43.7 Å². The monoisotopic (exact) mass is 399 g/mol. The van der Waals surface area contributed by atoms with Crippen LogP contribution in [-0.2, 0) is 4.79 Å². The van der Waals surface area contributed by atoms with Gasteiger partial charge in [-0.3, -0.25) is 14.5 Å². The first kappa shape index (κ1) is 21.8. The third kappa shape index (κ3) is 5.59. The Kier molecular flexibility index (Phi) is 7.70. The highest BCUT2D eigenvalue weighted by atomic mass is 16.2. The number of carbonyl (C=O) groups excluding carboxylic acids is 2. The highest BCUT2D eigenvalue weighted by Gasteiger charge is 2.37. The summed E-state index contributed by atoms with van der Waals surface area (Å²) in [4.78, 5) is 30.2. The van der Waals surface area contributed by atoms with Gasteiger partial charge in [-0.25, -0.2) is 0 Å². The lowest BCUT2D eigenvalue weighted by atomic mass is 9.94. The number of piperazine rings is 1. The van der Waals surface area contributed by atoms with Crippen molar-refractivity contribution in [3.05, 3.63) is 35.4 Å². The SMILES string of the molecule is CC[C@H](C)CNC(=O)[C@H](C1CCCC1)N1CCN(C(=O)c2cccc(C)c2)CC1. The van der Waals surface area contributed by atoms with E-state index < -0.39 is 0 Å². The molecule has 2 atom stereocenters. The van der Waals surface area contributed by atoms with Gasteiger partial charge in [0.15, 0.2) is 0 Å². The second-order valence-corrected chi connectivity index (χ2v) is 8.95. The van der Waals surface area contributed by atoms with Crippen LogP contribution in [0, 0.1) is 18.8 Å². The van der Waals surface area contributed by atoms with E-state index in [9.17, 15) is 9.59 Å². The molecule has 2 fully saturated rings. The molecule has 0 radical (unpaired) electrons. The van der Waals surface area contributed by atoms with Crippen molar-refractivity contribution in [1.82, 2.24) is 15.1 Å². The number of aryl methyl sites for hydroxylation is 1. The predicted octanol–water partition coefficient (Wildman–Crippen LogP) is 3.47. The van der Waals surface area contributed by atoms with Gasteiger partial charge in [0.05, 0.1) is 6.04 Å². The average Bonchev–Trinajstić information content (AvgIpc) is 3.26. The Morgan fingerprint density at radius 3 is 2.45 bits per heavy atom. The summed E-state index contributed by atoms with van der Waals surface area (Å²) in [6, 6.07) is 7.76. The molecule has 5 heteroatoms. The molecule has 1 saturated carbocycles. The van der Waals surface area contributed by atoms with Crippen LogP contribution >= 0.6 is 0 Å². The normalized spacial score (nSPS) is 20.4. The Labute approximate surface area is 175 Å². The number of nitrogens with one attached hydrogen (secondary N) is 1. The van der Waals surface area contributed by atoms with Gasteiger partial charge < -0.3 is 10.2 Å². The van der Waals surface area contributed by atoms with Crippen LogP contribution in [0.5, 0.6) is 0 Å².